The number of rotatable bonds is 3. The van der Waals surface area contributed by atoms with E-state index in [4.69, 9.17) is 5.11 Å². The molecule has 0 aliphatic rings. The lowest BCUT2D eigenvalue weighted by Crippen LogP contribution is -2.10. The first kappa shape index (κ1) is 7.40. The predicted octanol–water partition coefficient (Wildman–Crippen LogP) is 0.389. The molecule has 0 rings (SSSR count). The van der Waals surface area contributed by atoms with E-state index >= 15 is 0 Å². The fourth-order valence-corrected chi connectivity index (χ4v) is 0.498. The molecule has 0 amide bonds. The van der Waals surface area contributed by atoms with Crippen LogP contribution in [0, 0.1) is 0 Å². The van der Waals surface area contributed by atoms with Crippen molar-refractivity contribution in [2.75, 3.05) is 20.3 Å². The Morgan fingerprint density at radius 2 is 2.43 bits per heavy atom. The second kappa shape index (κ2) is 4.56. The summed E-state index contributed by atoms with van der Waals surface area (Å²) >= 11 is 3.16. The van der Waals surface area contributed by atoms with Gasteiger partial charge in [-0.05, 0) is 0 Å². The Kier molecular flexibility index (Phi) is 4.82. The smallest absolute Gasteiger partial charge is 0.0610 e. The average Bonchev–Trinajstić information content (AvgIpc) is 1.68. The molecule has 0 aromatic heterocycles. The Hall–Kier alpha value is 0.400. The summed E-state index contributed by atoms with van der Waals surface area (Å²) in [6.45, 7) is 0.699. The normalized spacial score (nSPS) is 14.1. The Labute approximate surface area is 51.6 Å². The van der Waals surface area contributed by atoms with Crippen molar-refractivity contribution in [3.8, 4) is 0 Å². The molecule has 0 saturated carbocycles. The molecule has 2 nitrogen and oxygen atoms in total. The first-order valence-electron chi connectivity index (χ1n) is 2.05. The maximum Gasteiger partial charge on any atom is 0.0610 e. The van der Waals surface area contributed by atoms with Crippen LogP contribution in [0.1, 0.15) is 0 Å². The zero-order chi connectivity index (χ0) is 5.70. The Morgan fingerprint density at radius 3 is 2.57 bits per heavy atom. The fraction of sp³-hybridized carbons (Fsp3) is 1.00. The van der Waals surface area contributed by atoms with Crippen molar-refractivity contribution in [2.24, 2.45) is 0 Å². The molecule has 0 aliphatic carbocycles. The molecule has 0 aliphatic heterocycles. The molecule has 1 unspecified atom stereocenters. The highest BCUT2D eigenvalue weighted by Gasteiger charge is 1.97. The summed E-state index contributed by atoms with van der Waals surface area (Å²) in [5, 5.41) is 8.34. The molecule has 0 spiro atoms. The number of alkyl halides is 1. The largest absolute Gasteiger partial charge is 0.395 e. The third kappa shape index (κ3) is 4.25. The molecule has 0 aromatic rings. The highest BCUT2D eigenvalue weighted by molar-refractivity contribution is 9.09. The van der Waals surface area contributed by atoms with Crippen molar-refractivity contribution in [2.45, 2.75) is 4.83 Å². The zero-order valence-electron chi connectivity index (χ0n) is 4.22. The predicted molar refractivity (Wildman–Crippen MR) is 31.7 cm³/mol. The summed E-state index contributed by atoms with van der Waals surface area (Å²) in [4.78, 5) is 0.0949. The van der Waals surface area contributed by atoms with E-state index in [1.807, 2.05) is 0 Å². The van der Waals surface area contributed by atoms with Gasteiger partial charge in [0.15, 0.2) is 0 Å². The van der Waals surface area contributed by atoms with Gasteiger partial charge in [-0.15, -0.1) is 0 Å². The van der Waals surface area contributed by atoms with Crippen LogP contribution in [0.15, 0.2) is 0 Å². The molecule has 0 bridgehead atoms. The topological polar surface area (TPSA) is 29.5 Å². The number of halogens is 1. The van der Waals surface area contributed by atoms with Crippen LogP contribution in [0.3, 0.4) is 0 Å². The molecule has 0 heterocycles. The molecular weight excluding hydrogens is 160 g/mol. The molecule has 1 atom stereocenters. The monoisotopic (exact) mass is 168 g/mol. The summed E-state index contributed by atoms with van der Waals surface area (Å²) in [5.41, 5.74) is 0. The van der Waals surface area contributed by atoms with Gasteiger partial charge in [0.05, 0.1) is 18.0 Å². The van der Waals surface area contributed by atoms with Gasteiger partial charge in [-0.3, -0.25) is 0 Å². The van der Waals surface area contributed by atoms with Crippen LogP contribution in [-0.2, 0) is 4.74 Å². The lowest BCUT2D eigenvalue weighted by Gasteiger charge is -2.00. The molecule has 0 radical (unpaired) electrons. The maximum absolute atomic E-state index is 8.34. The highest BCUT2D eigenvalue weighted by atomic mass is 79.9. The van der Waals surface area contributed by atoms with E-state index < -0.39 is 0 Å². The number of ether oxygens (including phenoxy) is 1. The molecule has 0 saturated heterocycles. The van der Waals surface area contributed by atoms with Gasteiger partial charge < -0.3 is 9.84 Å². The van der Waals surface area contributed by atoms with Gasteiger partial charge in [0, 0.05) is 7.11 Å². The van der Waals surface area contributed by atoms with Crippen LogP contribution in [0.4, 0.5) is 0 Å². The van der Waals surface area contributed by atoms with Gasteiger partial charge in [-0.2, -0.15) is 0 Å². The number of hydrogen-bond donors (Lipinski definition) is 1. The zero-order valence-corrected chi connectivity index (χ0v) is 5.81. The maximum atomic E-state index is 8.34. The molecule has 0 aromatic carbocycles. The Morgan fingerprint density at radius 1 is 1.86 bits per heavy atom. The van der Waals surface area contributed by atoms with Crippen molar-refractivity contribution in [1.82, 2.24) is 0 Å². The minimum absolute atomic E-state index is 0.0949. The van der Waals surface area contributed by atoms with Crippen molar-refractivity contribution in [1.29, 1.82) is 0 Å². The molecule has 7 heavy (non-hydrogen) atoms. The Balaban J connectivity index is 2.83. The Bertz CT molecular complexity index is 40.7. The quantitative estimate of drug-likeness (QED) is 0.619. The van der Waals surface area contributed by atoms with Gasteiger partial charge >= 0.3 is 0 Å². The van der Waals surface area contributed by atoms with Crippen molar-refractivity contribution < 1.29 is 9.84 Å². The van der Waals surface area contributed by atoms with E-state index in [1.165, 1.54) is 0 Å². The molecular formula is C4H9BrO2. The summed E-state index contributed by atoms with van der Waals surface area (Å²) in [6, 6.07) is 0. The van der Waals surface area contributed by atoms with Gasteiger partial charge in [-0.1, -0.05) is 15.9 Å². The summed E-state index contributed by atoms with van der Waals surface area (Å²) < 4.78 is 4.69. The summed E-state index contributed by atoms with van der Waals surface area (Å²) in [5.74, 6) is 0. The van der Waals surface area contributed by atoms with Gasteiger partial charge in [0.25, 0.3) is 0 Å². The number of aliphatic hydroxyl groups is 1. The van der Waals surface area contributed by atoms with E-state index in [9.17, 15) is 0 Å². The van der Waals surface area contributed by atoms with Crippen molar-refractivity contribution in [3.63, 3.8) is 0 Å². The van der Waals surface area contributed by atoms with Crippen LogP contribution in [0.2, 0.25) is 0 Å². The first-order valence-corrected chi connectivity index (χ1v) is 2.96. The highest BCUT2D eigenvalue weighted by Crippen LogP contribution is 1.95. The second-order valence-electron chi connectivity index (χ2n) is 1.24. The van der Waals surface area contributed by atoms with Crippen molar-refractivity contribution in [3.05, 3.63) is 0 Å². The fourth-order valence-electron chi connectivity index (χ4n) is 0.234. The average molecular weight is 169 g/mol. The summed E-state index contributed by atoms with van der Waals surface area (Å²) in [7, 11) is 1.60. The minimum atomic E-state index is 0.0949. The van der Waals surface area contributed by atoms with Crippen LogP contribution in [-0.4, -0.2) is 30.3 Å². The molecule has 1 N–H and O–H groups in total. The molecule has 44 valence electrons. The lowest BCUT2D eigenvalue weighted by molar-refractivity contribution is 0.174. The van der Waals surface area contributed by atoms with Gasteiger partial charge in [-0.25, -0.2) is 0 Å². The van der Waals surface area contributed by atoms with Crippen LogP contribution >= 0.6 is 15.9 Å². The lowest BCUT2D eigenvalue weighted by atomic mass is 10.5. The number of aliphatic hydroxyl groups excluding tert-OH is 1. The minimum Gasteiger partial charge on any atom is -0.395 e. The van der Waals surface area contributed by atoms with Crippen LogP contribution in [0.25, 0.3) is 0 Å². The third-order valence-electron chi connectivity index (χ3n) is 0.546. The summed E-state index contributed by atoms with van der Waals surface area (Å²) in [6.07, 6.45) is 0. The first-order chi connectivity index (χ1) is 3.31. The van der Waals surface area contributed by atoms with E-state index in [-0.39, 0.29) is 11.4 Å². The standard InChI is InChI=1S/C4H9BrO2/c1-7-3-4(5)2-6/h4,6H,2-3H2,1H3. The van der Waals surface area contributed by atoms with E-state index in [0.29, 0.717) is 6.61 Å². The van der Waals surface area contributed by atoms with Crippen molar-refractivity contribution >= 4 is 15.9 Å². The molecule has 0 fully saturated rings. The van der Waals surface area contributed by atoms with E-state index in [0.717, 1.165) is 0 Å². The third-order valence-corrected chi connectivity index (χ3v) is 1.10. The van der Waals surface area contributed by atoms with Crippen LogP contribution in [0.5, 0.6) is 0 Å². The SMILES string of the molecule is COCC(Br)CO. The van der Waals surface area contributed by atoms with E-state index in [1.54, 1.807) is 7.11 Å². The van der Waals surface area contributed by atoms with Gasteiger partial charge in [0.1, 0.15) is 0 Å². The molecule has 3 heteroatoms. The second-order valence-corrected chi connectivity index (χ2v) is 2.53. The van der Waals surface area contributed by atoms with Gasteiger partial charge in [0.2, 0.25) is 0 Å². The number of hydrogen-bond acceptors (Lipinski definition) is 2. The van der Waals surface area contributed by atoms with Crippen LogP contribution < -0.4 is 0 Å². The number of methoxy groups -OCH3 is 1. The van der Waals surface area contributed by atoms with E-state index in [2.05, 4.69) is 20.7 Å².